The van der Waals surface area contributed by atoms with E-state index < -0.39 is 0 Å². The van der Waals surface area contributed by atoms with Gasteiger partial charge < -0.3 is 9.47 Å². The van der Waals surface area contributed by atoms with Crippen molar-refractivity contribution in [3.63, 3.8) is 0 Å². The predicted octanol–water partition coefficient (Wildman–Crippen LogP) is 0.750. The molecular formula is C15H17LiO2. The Morgan fingerprint density at radius 2 is 2.00 bits per heavy atom. The van der Waals surface area contributed by atoms with E-state index in [2.05, 4.69) is 26.0 Å². The monoisotopic (exact) mass is 236 g/mol. The number of fused-ring (bicyclic) bond motifs is 1. The zero-order valence-electron chi connectivity index (χ0n) is 11.5. The summed E-state index contributed by atoms with van der Waals surface area (Å²) in [6.07, 6.45) is 0. The number of rotatable bonds is 4. The van der Waals surface area contributed by atoms with E-state index in [0.717, 1.165) is 11.1 Å². The van der Waals surface area contributed by atoms with E-state index in [1.54, 1.807) is 7.11 Å². The molecule has 0 atom stereocenters. The van der Waals surface area contributed by atoms with Gasteiger partial charge in [-0.2, -0.15) is 18.2 Å². The van der Waals surface area contributed by atoms with Gasteiger partial charge in [0.25, 0.3) is 0 Å². The van der Waals surface area contributed by atoms with E-state index in [0.29, 0.717) is 5.92 Å². The van der Waals surface area contributed by atoms with Gasteiger partial charge in [-0.15, -0.1) is 17.0 Å². The third kappa shape index (κ3) is 3.08. The van der Waals surface area contributed by atoms with Gasteiger partial charge in [-0.05, 0) is 6.07 Å². The molecule has 2 rings (SSSR count). The number of hydrogen-bond donors (Lipinski definition) is 0. The smallest absolute Gasteiger partial charge is 0.469 e. The van der Waals surface area contributed by atoms with Gasteiger partial charge >= 0.3 is 18.9 Å². The Hall–Kier alpha value is -0.943. The zero-order chi connectivity index (χ0) is 12.3. The van der Waals surface area contributed by atoms with E-state index in [4.69, 9.17) is 9.47 Å². The molecule has 90 valence electrons. The van der Waals surface area contributed by atoms with E-state index in [1.807, 2.05) is 24.3 Å². The third-order valence-electron chi connectivity index (χ3n) is 2.78. The van der Waals surface area contributed by atoms with Gasteiger partial charge in [-0.3, -0.25) is 0 Å². The SMILES string of the molecule is COCOc1cccc2c[c-]cc(C(C)C)c12.[Li+]. The molecule has 0 unspecified atom stereocenters. The summed E-state index contributed by atoms with van der Waals surface area (Å²) in [5, 5.41) is 2.32. The zero-order valence-corrected chi connectivity index (χ0v) is 11.5. The number of benzene rings is 2. The molecule has 0 saturated carbocycles. The summed E-state index contributed by atoms with van der Waals surface area (Å²) in [5.74, 6) is 1.32. The standard InChI is InChI=1S/C15H17O2.Li/c1-11(2)13-8-4-6-12-7-5-9-14(15(12)13)17-10-16-3;/h5-9,11H,10H2,1-3H3;/q-1;+1. The Kier molecular flexibility index (Phi) is 5.75. The van der Waals surface area contributed by atoms with Crippen LogP contribution in [-0.4, -0.2) is 13.9 Å². The average molecular weight is 236 g/mol. The summed E-state index contributed by atoms with van der Waals surface area (Å²) >= 11 is 0. The minimum atomic E-state index is 0. The van der Waals surface area contributed by atoms with Crippen molar-refractivity contribution >= 4 is 10.8 Å². The Morgan fingerprint density at radius 1 is 1.22 bits per heavy atom. The third-order valence-corrected chi connectivity index (χ3v) is 2.78. The quantitative estimate of drug-likeness (QED) is 0.443. The number of hydrogen-bond acceptors (Lipinski definition) is 2. The summed E-state index contributed by atoms with van der Waals surface area (Å²) in [7, 11) is 1.63. The largest absolute Gasteiger partial charge is 1.00 e. The molecule has 0 amide bonds. The van der Waals surface area contributed by atoms with Gasteiger partial charge in [0, 0.05) is 7.11 Å². The van der Waals surface area contributed by atoms with Gasteiger partial charge in [-0.1, -0.05) is 31.2 Å². The molecule has 2 aromatic rings. The average Bonchev–Trinajstić information content (AvgIpc) is 2.35. The maximum absolute atomic E-state index is 5.62. The Morgan fingerprint density at radius 3 is 2.67 bits per heavy atom. The van der Waals surface area contributed by atoms with Crippen molar-refractivity contribution in [2.45, 2.75) is 19.8 Å². The first-order chi connectivity index (χ1) is 8.24. The predicted molar refractivity (Wildman–Crippen MR) is 69.4 cm³/mol. The van der Waals surface area contributed by atoms with Crippen molar-refractivity contribution in [2.24, 2.45) is 0 Å². The fourth-order valence-electron chi connectivity index (χ4n) is 1.97. The van der Waals surface area contributed by atoms with Crippen LogP contribution in [0.1, 0.15) is 25.3 Å². The first-order valence-corrected chi connectivity index (χ1v) is 5.78. The van der Waals surface area contributed by atoms with Crippen LogP contribution in [0.25, 0.3) is 10.8 Å². The molecule has 0 N–H and O–H groups in total. The topological polar surface area (TPSA) is 18.5 Å². The molecule has 0 bridgehead atoms. The van der Waals surface area contributed by atoms with Gasteiger partial charge in [0.15, 0.2) is 6.79 Å². The molecule has 0 radical (unpaired) electrons. The van der Waals surface area contributed by atoms with Crippen LogP contribution < -0.4 is 23.6 Å². The van der Waals surface area contributed by atoms with Gasteiger partial charge in [-0.25, -0.2) is 0 Å². The molecule has 18 heavy (non-hydrogen) atoms. The van der Waals surface area contributed by atoms with Crippen molar-refractivity contribution in [3.05, 3.63) is 42.0 Å². The van der Waals surface area contributed by atoms with Crippen LogP contribution in [0, 0.1) is 6.07 Å². The van der Waals surface area contributed by atoms with Crippen LogP contribution in [0.3, 0.4) is 0 Å². The molecule has 0 spiro atoms. The van der Waals surface area contributed by atoms with E-state index in [1.165, 1.54) is 10.9 Å². The Balaban J connectivity index is 0.00000162. The first kappa shape index (κ1) is 15.1. The van der Waals surface area contributed by atoms with Crippen LogP contribution in [0.5, 0.6) is 5.75 Å². The maximum atomic E-state index is 5.62. The molecule has 0 saturated heterocycles. The molecule has 3 heteroatoms. The van der Waals surface area contributed by atoms with Crippen molar-refractivity contribution in [2.75, 3.05) is 13.9 Å². The van der Waals surface area contributed by atoms with Crippen LogP contribution in [0.4, 0.5) is 0 Å². The second-order valence-corrected chi connectivity index (χ2v) is 4.34. The van der Waals surface area contributed by atoms with Gasteiger partial charge in [0.2, 0.25) is 0 Å². The van der Waals surface area contributed by atoms with E-state index in [-0.39, 0.29) is 25.7 Å². The molecular weight excluding hydrogens is 219 g/mol. The normalized spacial score (nSPS) is 10.4. The molecule has 2 nitrogen and oxygen atoms in total. The van der Waals surface area contributed by atoms with Crippen molar-refractivity contribution in [1.29, 1.82) is 0 Å². The Labute approximate surface area is 120 Å². The van der Waals surface area contributed by atoms with Gasteiger partial charge in [0.05, 0.1) is 0 Å². The van der Waals surface area contributed by atoms with E-state index >= 15 is 0 Å². The fourth-order valence-corrected chi connectivity index (χ4v) is 1.97. The summed E-state index contributed by atoms with van der Waals surface area (Å²) in [5.41, 5.74) is 1.26. The summed E-state index contributed by atoms with van der Waals surface area (Å²) in [6, 6.07) is 13.3. The molecule has 2 aromatic carbocycles. The molecule has 0 fully saturated rings. The van der Waals surface area contributed by atoms with Crippen LogP contribution in [-0.2, 0) is 4.74 Å². The van der Waals surface area contributed by atoms with Gasteiger partial charge in [0.1, 0.15) is 5.75 Å². The molecule has 0 aliphatic carbocycles. The minimum absolute atomic E-state index is 0. The molecule has 0 aliphatic rings. The fraction of sp³-hybridized carbons (Fsp3) is 0.333. The van der Waals surface area contributed by atoms with Crippen LogP contribution >= 0.6 is 0 Å². The number of methoxy groups -OCH3 is 1. The molecule has 0 aromatic heterocycles. The van der Waals surface area contributed by atoms with Crippen LogP contribution in [0.15, 0.2) is 30.3 Å². The minimum Gasteiger partial charge on any atom is -0.469 e. The van der Waals surface area contributed by atoms with Crippen molar-refractivity contribution in [3.8, 4) is 5.75 Å². The number of ether oxygens (including phenoxy) is 2. The maximum Gasteiger partial charge on any atom is 1.00 e. The molecule has 0 aliphatic heterocycles. The summed E-state index contributed by atoms with van der Waals surface area (Å²) < 4.78 is 10.6. The van der Waals surface area contributed by atoms with Crippen LogP contribution in [0.2, 0.25) is 0 Å². The van der Waals surface area contributed by atoms with Crippen molar-refractivity contribution in [1.82, 2.24) is 0 Å². The summed E-state index contributed by atoms with van der Waals surface area (Å²) in [6.45, 7) is 4.63. The summed E-state index contributed by atoms with van der Waals surface area (Å²) in [4.78, 5) is 0. The molecule has 0 heterocycles. The van der Waals surface area contributed by atoms with E-state index in [9.17, 15) is 0 Å². The second kappa shape index (κ2) is 6.85. The second-order valence-electron chi connectivity index (χ2n) is 4.34. The first-order valence-electron chi connectivity index (χ1n) is 5.78. The Bertz CT molecular complexity index is 504. The van der Waals surface area contributed by atoms with Crippen molar-refractivity contribution < 1.29 is 28.3 Å².